The first-order chi connectivity index (χ1) is 31.0. The highest BCUT2D eigenvalue weighted by atomic mass is 31.2. The third-order valence-corrected chi connectivity index (χ3v) is 12.7. The van der Waals surface area contributed by atoms with Crippen molar-refractivity contribution in [3.05, 3.63) is 60.8 Å². The number of carbonyl (C=O) groups excluding carboxylic acids is 1. The monoisotopic (exact) mass is 920 g/mol. The standard InChI is InChI=1S/C55H103N2O6P/c1-6-8-10-12-14-16-18-20-22-24-26-27-28-29-31-33-35-37-39-41-43-45-47-49-55(59)56-53(52-63-64(60,61)62-51-50-57(3,4)5)54(58)48-46-44-42-40-38-36-34-32-30-25-23-21-19-17-15-13-11-9-7-2/h8,10,14,16,20,22,26-27,46,48,53-54,58H,6-7,9,11-13,15,17-19,21,23-25,28-45,47,49-52H2,1-5H3,(H-,56,59,60,61)/p+1/b10-8-,16-14-,22-20-,27-26-,48-46+. The van der Waals surface area contributed by atoms with E-state index in [0.29, 0.717) is 17.4 Å². The molecule has 0 aliphatic carbocycles. The Hall–Kier alpha value is -1.80. The summed E-state index contributed by atoms with van der Waals surface area (Å²) in [7, 11) is 1.57. The van der Waals surface area contributed by atoms with Crippen LogP contribution in [0, 0.1) is 0 Å². The lowest BCUT2D eigenvalue weighted by Crippen LogP contribution is -2.45. The lowest BCUT2D eigenvalue weighted by Gasteiger charge is -2.25. The van der Waals surface area contributed by atoms with Gasteiger partial charge in [-0.25, -0.2) is 4.57 Å². The molecule has 0 aromatic rings. The van der Waals surface area contributed by atoms with Gasteiger partial charge in [-0.15, -0.1) is 0 Å². The molecular formula is C55H104N2O6P+. The number of nitrogens with one attached hydrogen (secondary N) is 1. The Bertz CT molecular complexity index is 1230. The van der Waals surface area contributed by atoms with E-state index < -0.39 is 20.0 Å². The lowest BCUT2D eigenvalue weighted by atomic mass is 10.0. The number of aliphatic hydroxyl groups is 1. The van der Waals surface area contributed by atoms with Crippen LogP contribution in [-0.4, -0.2) is 73.4 Å². The summed E-state index contributed by atoms with van der Waals surface area (Å²) >= 11 is 0. The first kappa shape index (κ1) is 62.2. The summed E-state index contributed by atoms with van der Waals surface area (Å²) < 4.78 is 23.7. The molecule has 0 aromatic heterocycles. The van der Waals surface area contributed by atoms with E-state index in [-0.39, 0.29) is 19.1 Å². The minimum atomic E-state index is -4.35. The van der Waals surface area contributed by atoms with Gasteiger partial charge in [0.1, 0.15) is 13.2 Å². The van der Waals surface area contributed by atoms with Crippen molar-refractivity contribution < 1.29 is 32.9 Å². The molecule has 0 spiro atoms. The number of rotatable bonds is 48. The van der Waals surface area contributed by atoms with Crippen LogP contribution in [0.3, 0.4) is 0 Å². The van der Waals surface area contributed by atoms with E-state index >= 15 is 0 Å². The van der Waals surface area contributed by atoms with Gasteiger partial charge in [0.2, 0.25) is 5.91 Å². The van der Waals surface area contributed by atoms with Gasteiger partial charge in [0.15, 0.2) is 0 Å². The topological polar surface area (TPSA) is 105 Å². The highest BCUT2D eigenvalue weighted by Gasteiger charge is 2.27. The maximum atomic E-state index is 13.0. The van der Waals surface area contributed by atoms with Crippen LogP contribution in [0.1, 0.15) is 232 Å². The lowest BCUT2D eigenvalue weighted by molar-refractivity contribution is -0.870. The van der Waals surface area contributed by atoms with Crippen molar-refractivity contribution in [2.75, 3.05) is 40.9 Å². The van der Waals surface area contributed by atoms with Crippen molar-refractivity contribution in [2.24, 2.45) is 0 Å². The molecular weight excluding hydrogens is 816 g/mol. The predicted molar refractivity (Wildman–Crippen MR) is 277 cm³/mol. The fraction of sp³-hybridized carbons (Fsp3) is 0.800. The van der Waals surface area contributed by atoms with Gasteiger partial charge in [-0.05, 0) is 57.8 Å². The molecule has 0 fully saturated rings. The van der Waals surface area contributed by atoms with E-state index in [1.165, 1.54) is 148 Å². The van der Waals surface area contributed by atoms with Crippen LogP contribution in [0.15, 0.2) is 60.8 Å². The third kappa shape index (κ3) is 48.1. The summed E-state index contributed by atoms with van der Waals surface area (Å²) in [5.74, 6) is -0.182. The minimum Gasteiger partial charge on any atom is -0.387 e. The number of quaternary nitrogens is 1. The van der Waals surface area contributed by atoms with Crippen LogP contribution < -0.4 is 5.32 Å². The molecule has 0 aliphatic rings. The Morgan fingerprint density at radius 3 is 1.38 bits per heavy atom. The largest absolute Gasteiger partial charge is 0.472 e. The van der Waals surface area contributed by atoms with E-state index in [1.54, 1.807) is 6.08 Å². The molecule has 9 heteroatoms. The molecule has 1 amide bonds. The molecule has 3 unspecified atom stereocenters. The summed E-state index contributed by atoms with van der Waals surface area (Å²) in [6, 6.07) is -0.851. The number of nitrogens with zero attached hydrogens (tertiary/aromatic N) is 1. The molecule has 0 radical (unpaired) electrons. The molecule has 0 aliphatic heterocycles. The normalized spacial score (nSPS) is 14.5. The Labute approximate surface area is 396 Å². The number of phosphoric ester groups is 1. The Morgan fingerprint density at radius 2 is 0.938 bits per heavy atom. The van der Waals surface area contributed by atoms with Gasteiger partial charge in [-0.3, -0.25) is 13.8 Å². The van der Waals surface area contributed by atoms with Crippen LogP contribution in [0.4, 0.5) is 0 Å². The predicted octanol–water partition coefficient (Wildman–Crippen LogP) is 15.8. The van der Waals surface area contributed by atoms with E-state index in [9.17, 15) is 19.4 Å². The van der Waals surface area contributed by atoms with Crippen molar-refractivity contribution in [2.45, 2.75) is 244 Å². The molecule has 374 valence electrons. The van der Waals surface area contributed by atoms with Crippen molar-refractivity contribution in [3.63, 3.8) is 0 Å². The van der Waals surface area contributed by atoms with Crippen molar-refractivity contribution in [1.29, 1.82) is 0 Å². The summed E-state index contributed by atoms with van der Waals surface area (Å²) in [4.78, 5) is 23.3. The second-order valence-electron chi connectivity index (χ2n) is 19.2. The summed E-state index contributed by atoms with van der Waals surface area (Å²) in [6.07, 6.45) is 61.5. The van der Waals surface area contributed by atoms with Crippen LogP contribution in [-0.2, 0) is 18.4 Å². The average Bonchev–Trinajstić information content (AvgIpc) is 3.25. The molecule has 8 nitrogen and oxygen atoms in total. The summed E-state index contributed by atoms with van der Waals surface area (Å²) in [5.41, 5.74) is 0. The van der Waals surface area contributed by atoms with Crippen LogP contribution in [0.2, 0.25) is 0 Å². The van der Waals surface area contributed by atoms with Crippen LogP contribution in [0.5, 0.6) is 0 Å². The molecule has 0 saturated heterocycles. The molecule has 0 rings (SSSR count). The van der Waals surface area contributed by atoms with E-state index in [2.05, 4.69) is 67.8 Å². The van der Waals surface area contributed by atoms with Crippen molar-refractivity contribution in [3.8, 4) is 0 Å². The van der Waals surface area contributed by atoms with Crippen molar-refractivity contribution in [1.82, 2.24) is 5.32 Å². The first-order valence-corrected chi connectivity index (χ1v) is 28.2. The molecule has 0 heterocycles. The van der Waals surface area contributed by atoms with E-state index in [0.717, 1.165) is 64.2 Å². The second kappa shape index (κ2) is 46.3. The minimum absolute atomic E-state index is 0.0589. The smallest absolute Gasteiger partial charge is 0.387 e. The average molecular weight is 920 g/mol. The highest BCUT2D eigenvalue weighted by molar-refractivity contribution is 7.47. The number of phosphoric acid groups is 1. The summed E-state index contributed by atoms with van der Waals surface area (Å²) in [5, 5.41) is 13.9. The van der Waals surface area contributed by atoms with Gasteiger partial charge >= 0.3 is 7.82 Å². The number of unbranched alkanes of at least 4 members (excludes halogenated alkanes) is 27. The van der Waals surface area contributed by atoms with Crippen LogP contribution >= 0.6 is 7.82 Å². The Morgan fingerprint density at radius 1 is 0.547 bits per heavy atom. The molecule has 0 saturated carbocycles. The summed E-state index contributed by atoms with van der Waals surface area (Å²) in [6.45, 7) is 4.71. The molecule has 3 atom stereocenters. The SMILES string of the molecule is CC/C=C\C/C=C\C/C=C\C/C=C\CCCCCCCCCCCCC(=O)NC(COP(=O)(O)OCC[N+](C)(C)C)C(O)/C=C/CCCCCCCCCCCCCCCCCCC. The fourth-order valence-electron chi connectivity index (χ4n) is 7.56. The number of likely N-dealkylation sites (N-methyl/N-ethyl adjacent to an activating group) is 1. The molecule has 64 heavy (non-hydrogen) atoms. The molecule has 3 N–H and O–H groups in total. The van der Waals surface area contributed by atoms with E-state index in [1.807, 2.05) is 27.2 Å². The number of hydrogen-bond donors (Lipinski definition) is 3. The maximum Gasteiger partial charge on any atom is 0.472 e. The quantitative estimate of drug-likeness (QED) is 0.0243. The zero-order valence-electron chi connectivity index (χ0n) is 42.5. The second-order valence-corrected chi connectivity index (χ2v) is 20.7. The van der Waals surface area contributed by atoms with Gasteiger partial charge < -0.3 is 19.8 Å². The number of hydrogen-bond acceptors (Lipinski definition) is 5. The van der Waals surface area contributed by atoms with Gasteiger partial charge in [0, 0.05) is 6.42 Å². The molecule has 0 bridgehead atoms. The van der Waals surface area contributed by atoms with Crippen molar-refractivity contribution >= 4 is 13.7 Å². The Kier molecular flexibility index (Phi) is 45.0. The zero-order valence-corrected chi connectivity index (χ0v) is 43.4. The Balaban J connectivity index is 4.29. The highest BCUT2D eigenvalue weighted by Crippen LogP contribution is 2.43. The molecule has 0 aromatic carbocycles. The first-order valence-electron chi connectivity index (χ1n) is 26.7. The van der Waals surface area contributed by atoms with Gasteiger partial charge in [-0.2, -0.15) is 0 Å². The van der Waals surface area contributed by atoms with Gasteiger partial charge in [0.25, 0.3) is 0 Å². The van der Waals surface area contributed by atoms with E-state index in [4.69, 9.17) is 9.05 Å². The van der Waals surface area contributed by atoms with Crippen LogP contribution in [0.25, 0.3) is 0 Å². The van der Waals surface area contributed by atoms with Gasteiger partial charge in [0.05, 0.1) is 39.9 Å². The number of amides is 1. The number of allylic oxidation sites excluding steroid dienone is 9. The maximum absolute atomic E-state index is 13.0. The van der Waals surface area contributed by atoms with Gasteiger partial charge in [-0.1, -0.05) is 229 Å². The number of carbonyl (C=O) groups is 1. The fourth-order valence-corrected chi connectivity index (χ4v) is 8.30. The number of aliphatic hydroxyl groups excluding tert-OH is 1. The third-order valence-electron chi connectivity index (χ3n) is 11.7. The zero-order chi connectivity index (χ0) is 47.1.